The van der Waals surface area contributed by atoms with Crippen LogP contribution < -0.4 is 5.56 Å². The summed E-state index contributed by atoms with van der Waals surface area (Å²) < 4.78 is 27.4. The molecule has 1 aromatic heterocycles. The summed E-state index contributed by atoms with van der Waals surface area (Å²) in [5.74, 6) is 0.219. The van der Waals surface area contributed by atoms with Crippen molar-refractivity contribution in [3.05, 3.63) is 28.2 Å². The first kappa shape index (κ1) is 17.7. The Morgan fingerprint density at radius 1 is 1.12 bits per heavy atom. The fraction of sp³-hybridized carbons (Fsp3) is 0.706. The van der Waals surface area contributed by atoms with Crippen LogP contribution in [0, 0.1) is 0 Å². The molecule has 1 aliphatic heterocycles. The van der Waals surface area contributed by atoms with E-state index in [0.717, 1.165) is 31.4 Å². The highest BCUT2D eigenvalue weighted by Gasteiger charge is 2.41. The first-order valence-corrected chi connectivity index (χ1v) is 10.8. The fourth-order valence-electron chi connectivity index (χ4n) is 3.42. The average Bonchev–Trinajstić information content (AvgIpc) is 3.52. The second-order valence-corrected chi connectivity index (χ2v) is 9.67. The Kier molecular flexibility index (Phi) is 4.38. The highest BCUT2D eigenvalue weighted by atomic mass is 32.2. The molecule has 0 bridgehead atoms. The molecule has 0 aromatic carbocycles. The summed E-state index contributed by atoms with van der Waals surface area (Å²) in [5, 5.41) is 4.16. The Hall–Kier alpha value is -1.74. The van der Waals surface area contributed by atoms with Crippen LogP contribution in [0.3, 0.4) is 0 Å². The van der Waals surface area contributed by atoms with Crippen molar-refractivity contribution in [3.8, 4) is 0 Å². The van der Waals surface area contributed by atoms with Gasteiger partial charge in [-0.15, -0.1) is 0 Å². The lowest BCUT2D eigenvalue weighted by atomic mass is 10.2. The minimum Gasteiger partial charge on any atom is -0.338 e. The smallest absolute Gasteiger partial charge is 0.267 e. The van der Waals surface area contributed by atoms with Crippen LogP contribution in [-0.4, -0.2) is 64.7 Å². The van der Waals surface area contributed by atoms with Crippen molar-refractivity contribution >= 4 is 15.9 Å². The van der Waals surface area contributed by atoms with Crippen molar-refractivity contribution in [2.45, 2.75) is 49.8 Å². The maximum Gasteiger partial charge on any atom is 0.267 e. The van der Waals surface area contributed by atoms with Crippen LogP contribution in [0.25, 0.3) is 0 Å². The van der Waals surface area contributed by atoms with Crippen LogP contribution in [0.4, 0.5) is 0 Å². The zero-order valence-corrected chi connectivity index (χ0v) is 15.7. The summed E-state index contributed by atoms with van der Waals surface area (Å²) in [4.78, 5) is 26.6. The van der Waals surface area contributed by atoms with E-state index in [2.05, 4.69) is 5.10 Å². The van der Waals surface area contributed by atoms with Crippen molar-refractivity contribution < 1.29 is 13.2 Å². The molecule has 1 saturated heterocycles. The van der Waals surface area contributed by atoms with Crippen LogP contribution in [0.2, 0.25) is 0 Å². The highest BCUT2D eigenvalue weighted by Crippen LogP contribution is 2.38. The van der Waals surface area contributed by atoms with Crippen molar-refractivity contribution in [3.63, 3.8) is 0 Å². The summed E-state index contributed by atoms with van der Waals surface area (Å²) >= 11 is 0. The summed E-state index contributed by atoms with van der Waals surface area (Å²) in [6.45, 7) is 3.03. The van der Waals surface area contributed by atoms with Gasteiger partial charge in [0.25, 0.3) is 5.56 Å². The molecule has 0 unspecified atom stereocenters. The molecule has 4 rings (SSSR count). The van der Waals surface area contributed by atoms with E-state index in [9.17, 15) is 18.0 Å². The van der Waals surface area contributed by atoms with Crippen LogP contribution in [0.15, 0.2) is 16.9 Å². The third-order valence-corrected chi connectivity index (χ3v) is 7.82. The van der Waals surface area contributed by atoms with Gasteiger partial charge in [-0.3, -0.25) is 9.59 Å². The van der Waals surface area contributed by atoms with Gasteiger partial charge in [0.15, 0.2) is 0 Å². The Bertz CT molecular complexity index is 865. The second kappa shape index (κ2) is 6.45. The van der Waals surface area contributed by atoms with Crippen LogP contribution in [0.5, 0.6) is 0 Å². The predicted octanol–water partition coefficient (Wildman–Crippen LogP) is 0.318. The maximum atomic E-state index is 12.8. The lowest BCUT2D eigenvalue weighted by Crippen LogP contribution is -2.53. The third-order valence-electron chi connectivity index (χ3n) is 5.42. The van der Waals surface area contributed by atoms with Gasteiger partial charge < -0.3 is 4.90 Å². The molecule has 3 aliphatic rings. The minimum absolute atomic E-state index is 0.184. The molecule has 1 atom stereocenters. The molecule has 0 N–H and O–H groups in total. The average molecular weight is 380 g/mol. The molecule has 3 fully saturated rings. The molecule has 26 heavy (non-hydrogen) atoms. The van der Waals surface area contributed by atoms with Crippen molar-refractivity contribution in [1.29, 1.82) is 0 Å². The van der Waals surface area contributed by atoms with Gasteiger partial charge in [-0.25, -0.2) is 13.1 Å². The molecule has 2 saturated carbocycles. The van der Waals surface area contributed by atoms with Gasteiger partial charge >= 0.3 is 0 Å². The lowest BCUT2D eigenvalue weighted by molar-refractivity contribution is -0.135. The number of piperazine rings is 1. The zero-order valence-electron chi connectivity index (χ0n) is 14.9. The number of carbonyl (C=O) groups excluding carboxylic acids is 1. The van der Waals surface area contributed by atoms with Crippen molar-refractivity contribution in [2.24, 2.45) is 0 Å². The van der Waals surface area contributed by atoms with E-state index in [0.29, 0.717) is 32.1 Å². The molecule has 2 aliphatic carbocycles. The van der Waals surface area contributed by atoms with Gasteiger partial charge in [0.05, 0.1) is 10.9 Å². The molecule has 1 aromatic rings. The first-order chi connectivity index (χ1) is 12.4. The number of amides is 1. The molecule has 1 amide bonds. The topological polar surface area (TPSA) is 92.6 Å². The quantitative estimate of drug-likeness (QED) is 0.733. The highest BCUT2D eigenvalue weighted by molar-refractivity contribution is 7.90. The second-order valence-electron chi connectivity index (χ2n) is 7.46. The van der Waals surface area contributed by atoms with Crippen LogP contribution in [-0.2, 0) is 14.8 Å². The van der Waals surface area contributed by atoms with Gasteiger partial charge in [0, 0.05) is 38.2 Å². The number of hydrogen-bond acceptors (Lipinski definition) is 5. The SMILES string of the molecule is C[C@@H](C(=O)N1CCN(S(=O)(=O)C2CC2)CC1)n1nc(C2CC2)ccc1=O. The normalized spacial score (nSPS) is 23.0. The molecular weight excluding hydrogens is 356 g/mol. The van der Waals surface area contributed by atoms with Crippen LogP contribution >= 0.6 is 0 Å². The van der Waals surface area contributed by atoms with E-state index < -0.39 is 16.1 Å². The summed E-state index contributed by atoms with van der Waals surface area (Å²) in [7, 11) is -3.20. The van der Waals surface area contributed by atoms with E-state index in [-0.39, 0.29) is 16.7 Å². The number of hydrogen-bond donors (Lipinski definition) is 0. The summed E-state index contributed by atoms with van der Waals surface area (Å²) in [6.07, 6.45) is 3.63. The molecule has 2 heterocycles. The van der Waals surface area contributed by atoms with Gasteiger partial charge in [0.1, 0.15) is 6.04 Å². The lowest BCUT2D eigenvalue weighted by Gasteiger charge is -2.35. The van der Waals surface area contributed by atoms with Gasteiger partial charge in [-0.2, -0.15) is 9.40 Å². The standard InChI is InChI=1S/C17H24N4O4S/c1-12(21-16(22)7-6-15(18-21)13-2-3-13)17(23)19-8-10-20(11-9-19)26(24,25)14-4-5-14/h6-7,12-14H,2-5,8-11H2,1H3/t12-/m0/s1. The van der Waals surface area contributed by atoms with Gasteiger partial charge in [-0.05, 0) is 38.7 Å². The van der Waals surface area contributed by atoms with E-state index in [1.807, 2.05) is 0 Å². The molecule has 8 nitrogen and oxygen atoms in total. The summed E-state index contributed by atoms with van der Waals surface area (Å²) in [5.41, 5.74) is 0.579. The van der Waals surface area contributed by atoms with Crippen molar-refractivity contribution in [2.75, 3.05) is 26.2 Å². The van der Waals surface area contributed by atoms with Crippen molar-refractivity contribution in [1.82, 2.24) is 19.0 Å². The molecule has 0 radical (unpaired) electrons. The fourth-order valence-corrected chi connectivity index (χ4v) is 5.25. The van der Waals surface area contributed by atoms with E-state index in [4.69, 9.17) is 0 Å². The van der Waals surface area contributed by atoms with E-state index >= 15 is 0 Å². The first-order valence-electron chi connectivity index (χ1n) is 9.25. The van der Waals surface area contributed by atoms with Gasteiger partial charge in [0.2, 0.25) is 15.9 Å². The molecule has 0 spiro atoms. The van der Waals surface area contributed by atoms with E-state index in [1.54, 1.807) is 17.9 Å². The minimum atomic E-state index is -3.20. The van der Waals surface area contributed by atoms with E-state index in [1.165, 1.54) is 15.1 Å². The number of nitrogens with zero attached hydrogens (tertiary/aromatic N) is 4. The molecule has 9 heteroatoms. The molecule has 142 valence electrons. The number of aromatic nitrogens is 2. The Morgan fingerprint density at radius 3 is 2.35 bits per heavy atom. The zero-order chi connectivity index (χ0) is 18.5. The number of rotatable bonds is 5. The third kappa shape index (κ3) is 3.29. The number of carbonyl (C=O) groups is 1. The maximum absolute atomic E-state index is 12.8. The van der Waals surface area contributed by atoms with Gasteiger partial charge in [-0.1, -0.05) is 0 Å². The summed E-state index contributed by atoms with van der Waals surface area (Å²) in [6, 6.07) is 2.53. The number of sulfonamides is 1. The van der Waals surface area contributed by atoms with Crippen LogP contribution in [0.1, 0.15) is 50.3 Å². The Labute approximate surface area is 152 Å². The monoisotopic (exact) mass is 380 g/mol. The largest absolute Gasteiger partial charge is 0.338 e. The Morgan fingerprint density at radius 2 is 1.77 bits per heavy atom. The Balaban J connectivity index is 1.43. The predicted molar refractivity (Wildman–Crippen MR) is 95.3 cm³/mol. The molecular formula is C17H24N4O4S.